The molecular formula is C14H15BrN2O8S2. The van der Waals surface area contributed by atoms with Crippen LogP contribution < -0.4 is 0 Å². The first kappa shape index (κ1) is 21.5. The number of hydrogen-bond acceptors (Lipinski definition) is 8. The molecule has 3 aromatic rings. The topological polar surface area (TPSA) is 161 Å². The Morgan fingerprint density at radius 1 is 1.07 bits per heavy atom. The van der Waals surface area contributed by atoms with Gasteiger partial charge < -0.3 is 8.83 Å². The summed E-state index contributed by atoms with van der Waals surface area (Å²) < 4.78 is 69.6. The lowest BCUT2D eigenvalue weighted by Gasteiger charge is -1.90. The summed E-state index contributed by atoms with van der Waals surface area (Å²) >= 11 is 3.32. The fourth-order valence-corrected chi connectivity index (χ4v) is 3.22. The van der Waals surface area contributed by atoms with Crippen LogP contribution in [-0.4, -0.2) is 41.9 Å². The molecule has 0 amide bonds. The van der Waals surface area contributed by atoms with Crippen molar-refractivity contribution >= 4 is 47.1 Å². The van der Waals surface area contributed by atoms with E-state index in [0.29, 0.717) is 12.0 Å². The van der Waals surface area contributed by atoms with Gasteiger partial charge >= 0.3 is 15.3 Å². The van der Waals surface area contributed by atoms with Gasteiger partial charge in [-0.3, -0.25) is 9.11 Å². The summed E-state index contributed by atoms with van der Waals surface area (Å²) in [5, 5.41) is 6.65. The highest BCUT2D eigenvalue weighted by Crippen LogP contribution is 2.29. The number of fused-ring (bicyclic) bond motifs is 1. The van der Waals surface area contributed by atoms with Crippen LogP contribution in [0.3, 0.4) is 0 Å². The highest BCUT2D eigenvalue weighted by molar-refractivity contribution is 9.10. The Morgan fingerprint density at radius 2 is 1.78 bits per heavy atom. The smallest absolute Gasteiger partial charge is 0.363 e. The Morgan fingerprint density at radius 3 is 2.30 bits per heavy atom. The summed E-state index contributed by atoms with van der Waals surface area (Å²) in [6.45, 7) is 1.87. The van der Waals surface area contributed by atoms with Crippen molar-refractivity contribution < 1.29 is 34.8 Å². The monoisotopic (exact) mass is 482 g/mol. The highest BCUT2D eigenvalue weighted by Gasteiger charge is 2.21. The van der Waals surface area contributed by atoms with E-state index in [1.165, 1.54) is 0 Å². The van der Waals surface area contributed by atoms with Crippen LogP contribution in [-0.2, 0) is 20.2 Å². The third kappa shape index (κ3) is 6.39. The van der Waals surface area contributed by atoms with Crippen molar-refractivity contribution in [3.8, 4) is 11.7 Å². The number of halogens is 1. The van der Waals surface area contributed by atoms with Gasteiger partial charge in [0.05, 0.1) is 5.75 Å². The molecule has 0 radical (unpaired) electrons. The maximum Gasteiger partial charge on any atom is 0.363 e. The Kier molecular flexibility index (Phi) is 6.75. The van der Waals surface area contributed by atoms with Gasteiger partial charge in [0.1, 0.15) is 5.58 Å². The van der Waals surface area contributed by atoms with Gasteiger partial charge in [-0.05, 0) is 30.7 Å². The van der Waals surface area contributed by atoms with E-state index in [1.807, 2.05) is 13.0 Å². The Hall–Kier alpha value is -1.80. The van der Waals surface area contributed by atoms with E-state index in [0.717, 1.165) is 16.3 Å². The summed E-state index contributed by atoms with van der Waals surface area (Å²) in [6, 6.07) is 6.99. The second-order valence-electron chi connectivity index (χ2n) is 5.28. The number of aromatic nitrogens is 2. The fourth-order valence-electron chi connectivity index (χ4n) is 1.86. The van der Waals surface area contributed by atoms with Crippen LogP contribution in [0.25, 0.3) is 22.6 Å². The quantitative estimate of drug-likeness (QED) is 0.516. The lowest BCUT2D eigenvalue weighted by atomic mass is 10.2. The minimum atomic E-state index is -4.52. The number of unbranched alkanes of at least 4 members (excludes halogenated alkanes) is 1. The van der Waals surface area contributed by atoms with Crippen molar-refractivity contribution in [3.63, 3.8) is 0 Å². The fraction of sp³-hybridized carbons (Fsp3) is 0.286. The van der Waals surface area contributed by atoms with Crippen molar-refractivity contribution in [1.29, 1.82) is 0 Å². The van der Waals surface area contributed by atoms with Crippen LogP contribution in [0.1, 0.15) is 19.8 Å². The average Bonchev–Trinajstić information content (AvgIpc) is 3.18. The molecule has 1 aromatic carbocycles. The lowest BCUT2D eigenvalue weighted by molar-refractivity contribution is 0.392. The third-order valence-electron chi connectivity index (χ3n) is 3.07. The molecule has 27 heavy (non-hydrogen) atoms. The Labute approximate surface area is 163 Å². The molecule has 0 atom stereocenters. The molecule has 2 heterocycles. The molecule has 10 nitrogen and oxygen atoms in total. The lowest BCUT2D eigenvalue weighted by Crippen LogP contribution is -2.02. The minimum Gasteiger partial charge on any atom is -0.451 e. The molecule has 3 rings (SSSR count). The molecular weight excluding hydrogens is 468 g/mol. The van der Waals surface area contributed by atoms with E-state index in [1.54, 1.807) is 18.2 Å². The van der Waals surface area contributed by atoms with Gasteiger partial charge in [-0.25, -0.2) is 0 Å². The van der Waals surface area contributed by atoms with Gasteiger partial charge in [-0.15, -0.1) is 5.10 Å². The van der Waals surface area contributed by atoms with Crippen molar-refractivity contribution in [1.82, 2.24) is 10.2 Å². The number of furan rings is 1. The first-order valence-electron chi connectivity index (χ1n) is 7.45. The molecule has 0 bridgehead atoms. The molecule has 2 aromatic heterocycles. The average molecular weight is 483 g/mol. The van der Waals surface area contributed by atoms with Gasteiger partial charge in [-0.2, -0.15) is 16.8 Å². The second kappa shape index (κ2) is 8.48. The number of rotatable bonds is 5. The SMILES string of the molecule is CCCCS(=O)(=O)O.O=S(=O)(O)c1nnc(-c2cc3cc(Br)ccc3o2)o1. The van der Waals surface area contributed by atoms with Crippen molar-refractivity contribution in [3.05, 3.63) is 28.7 Å². The molecule has 0 aliphatic rings. The summed E-state index contributed by atoms with van der Waals surface area (Å²) in [6.07, 6.45) is 1.33. The molecule has 0 aliphatic heterocycles. The van der Waals surface area contributed by atoms with Crippen LogP contribution in [0.4, 0.5) is 0 Å². The van der Waals surface area contributed by atoms with Crippen LogP contribution in [0.5, 0.6) is 0 Å². The van der Waals surface area contributed by atoms with Gasteiger partial charge in [0.25, 0.3) is 16.0 Å². The van der Waals surface area contributed by atoms with Gasteiger partial charge in [0.2, 0.25) is 0 Å². The molecule has 0 spiro atoms. The number of nitrogens with zero attached hydrogens (tertiary/aromatic N) is 2. The zero-order valence-corrected chi connectivity index (χ0v) is 17.1. The van der Waals surface area contributed by atoms with Crippen LogP contribution >= 0.6 is 15.9 Å². The van der Waals surface area contributed by atoms with E-state index < -0.39 is 25.5 Å². The first-order chi connectivity index (χ1) is 12.5. The second-order valence-corrected chi connectivity index (χ2v) is 9.07. The molecule has 0 saturated carbocycles. The standard InChI is InChI=1S/C10H5BrN2O5S.C4H10O3S/c11-6-1-2-7-5(3-6)4-8(17-7)9-12-13-10(18-9)19(14,15)16;1-2-3-4-8(5,6)7/h1-4H,(H,14,15,16);2-4H2,1H3,(H,5,6,7). The van der Waals surface area contributed by atoms with Gasteiger partial charge in [-0.1, -0.05) is 34.4 Å². The predicted molar refractivity (Wildman–Crippen MR) is 98.3 cm³/mol. The van der Waals surface area contributed by atoms with E-state index in [-0.39, 0.29) is 17.4 Å². The van der Waals surface area contributed by atoms with E-state index >= 15 is 0 Å². The van der Waals surface area contributed by atoms with E-state index in [4.69, 9.17) is 17.9 Å². The highest BCUT2D eigenvalue weighted by atomic mass is 79.9. The van der Waals surface area contributed by atoms with Crippen molar-refractivity contribution in [2.45, 2.75) is 25.0 Å². The van der Waals surface area contributed by atoms with Gasteiger partial charge in [0.15, 0.2) is 5.76 Å². The molecule has 13 heteroatoms. The zero-order valence-electron chi connectivity index (χ0n) is 13.9. The summed E-state index contributed by atoms with van der Waals surface area (Å²) in [4.78, 5) is 0. The number of hydrogen-bond donors (Lipinski definition) is 2. The minimum absolute atomic E-state index is 0.108. The largest absolute Gasteiger partial charge is 0.451 e. The molecule has 148 valence electrons. The molecule has 0 aliphatic carbocycles. The molecule has 2 N–H and O–H groups in total. The van der Waals surface area contributed by atoms with Crippen molar-refractivity contribution in [2.24, 2.45) is 0 Å². The van der Waals surface area contributed by atoms with Crippen molar-refractivity contribution in [2.75, 3.05) is 5.75 Å². The molecule has 0 saturated heterocycles. The van der Waals surface area contributed by atoms with Crippen LogP contribution in [0.2, 0.25) is 0 Å². The van der Waals surface area contributed by atoms with E-state index in [2.05, 4.69) is 26.1 Å². The molecule has 0 fully saturated rings. The van der Waals surface area contributed by atoms with E-state index in [9.17, 15) is 16.8 Å². The first-order valence-corrected chi connectivity index (χ1v) is 11.3. The van der Waals surface area contributed by atoms with Gasteiger partial charge in [0, 0.05) is 9.86 Å². The van der Waals surface area contributed by atoms with Crippen LogP contribution in [0, 0.1) is 0 Å². The Balaban J connectivity index is 0.000000279. The number of benzene rings is 1. The summed E-state index contributed by atoms with van der Waals surface area (Å²) in [5.41, 5.74) is 0.588. The zero-order chi connectivity index (χ0) is 20.2. The van der Waals surface area contributed by atoms with Crippen LogP contribution in [0.15, 0.2) is 42.8 Å². The maximum atomic E-state index is 10.8. The summed E-state index contributed by atoms with van der Waals surface area (Å²) in [5.74, 6) is -0.0146. The predicted octanol–water partition coefficient (Wildman–Crippen LogP) is 3.17. The molecule has 0 unspecified atom stereocenters. The third-order valence-corrected chi connectivity index (χ3v) is 4.98. The Bertz CT molecular complexity index is 1140. The maximum absolute atomic E-state index is 10.8. The normalized spacial score (nSPS) is 12.0. The summed E-state index contributed by atoms with van der Waals surface area (Å²) in [7, 11) is -8.20.